The first kappa shape index (κ1) is 21.1. The average molecular weight is 413 g/mol. The zero-order valence-corrected chi connectivity index (χ0v) is 17.2. The van der Waals surface area contributed by atoms with E-state index < -0.39 is 5.97 Å². The first-order valence-electron chi connectivity index (χ1n) is 9.70. The second-order valence-electron chi connectivity index (χ2n) is 7.26. The lowest BCUT2D eigenvalue weighted by Crippen LogP contribution is -2.49. The van der Waals surface area contributed by atoms with Gasteiger partial charge in [-0.2, -0.15) is 0 Å². The number of carboxylic acids is 1. The first-order chi connectivity index (χ1) is 13.9. The van der Waals surface area contributed by atoms with Crippen molar-refractivity contribution in [1.29, 1.82) is 0 Å². The highest BCUT2D eigenvalue weighted by Gasteiger charge is 2.21. The maximum absolute atomic E-state index is 12.6. The van der Waals surface area contributed by atoms with E-state index in [4.69, 9.17) is 16.7 Å². The number of rotatable bonds is 6. The van der Waals surface area contributed by atoms with Gasteiger partial charge in [-0.1, -0.05) is 35.9 Å². The van der Waals surface area contributed by atoms with Crippen molar-refractivity contribution in [2.24, 2.45) is 0 Å². The van der Waals surface area contributed by atoms with Gasteiger partial charge in [-0.3, -0.25) is 9.69 Å². The van der Waals surface area contributed by atoms with E-state index in [0.717, 1.165) is 44.7 Å². The van der Waals surface area contributed by atoms with Crippen molar-refractivity contribution in [3.63, 3.8) is 0 Å². The summed E-state index contributed by atoms with van der Waals surface area (Å²) in [5.41, 5.74) is 3.11. The zero-order chi connectivity index (χ0) is 20.8. The number of nitrogens with zero attached hydrogens (tertiary/aromatic N) is 2. The minimum atomic E-state index is -0.900. The van der Waals surface area contributed by atoms with Gasteiger partial charge in [0.2, 0.25) is 0 Å². The number of carbonyl (C=O) groups excluding carboxylic acids is 1. The highest BCUT2D eigenvalue weighted by atomic mass is 35.5. The minimum Gasteiger partial charge on any atom is -0.478 e. The Kier molecular flexibility index (Phi) is 7.07. The van der Waals surface area contributed by atoms with Crippen LogP contribution in [0.1, 0.15) is 28.4 Å². The van der Waals surface area contributed by atoms with Crippen LogP contribution in [0.25, 0.3) is 6.08 Å². The molecule has 5 nitrogen and oxygen atoms in total. The molecular formula is C23H25ClN2O3. The molecule has 1 fully saturated rings. The Bertz CT molecular complexity index is 883. The summed E-state index contributed by atoms with van der Waals surface area (Å²) in [6, 6.07) is 15.0. The fraction of sp³-hybridized carbons (Fsp3) is 0.304. The van der Waals surface area contributed by atoms with Crippen molar-refractivity contribution in [1.82, 2.24) is 9.80 Å². The maximum atomic E-state index is 12.6. The van der Waals surface area contributed by atoms with Crippen molar-refractivity contribution in [3.8, 4) is 0 Å². The van der Waals surface area contributed by atoms with Gasteiger partial charge in [0.05, 0.1) is 0 Å². The summed E-state index contributed by atoms with van der Waals surface area (Å²) in [7, 11) is 0. The molecule has 2 aromatic rings. The molecule has 1 N–H and O–H groups in total. The lowest BCUT2D eigenvalue weighted by Gasteiger charge is -2.34. The summed E-state index contributed by atoms with van der Waals surface area (Å²) in [4.78, 5) is 27.7. The molecular weight excluding hydrogens is 388 g/mol. The minimum absolute atomic E-state index is 0.0571. The second kappa shape index (κ2) is 9.72. The molecule has 0 bridgehead atoms. The van der Waals surface area contributed by atoms with Crippen LogP contribution in [0.3, 0.4) is 0 Å². The number of hydrogen-bond donors (Lipinski definition) is 1. The third-order valence-corrected chi connectivity index (χ3v) is 5.42. The Balaban J connectivity index is 1.46. The molecule has 0 spiro atoms. The van der Waals surface area contributed by atoms with Gasteiger partial charge in [0.1, 0.15) is 0 Å². The lowest BCUT2D eigenvalue weighted by molar-refractivity contribution is -0.132. The van der Waals surface area contributed by atoms with Gasteiger partial charge in [-0.05, 0) is 54.8 Å². The predicted molar refractivity (Wildman–Crippen MR) is 115 cm³/mol. The molecule has 1 amide bonds. The van der Waals surface area contributed by atoms with Crippen LogP contribution in [0.15, 0.2) is 54.1 Å². The molecule has 1 aliphatic heterocycles. The number of amides is 1. The fourth-order valence-corrected chi connectivity index (χ4v) is 3.46. The molecule has 3 rings (SSSR count). The number of halogens is 1. The van der Waals surface area contributed by atoms with Crippen LogP contribution in [0, 0.1) is 0 Å². The van der Waals surface area contributed by atoms with Crippen molar-refractivity contribution in [3.05, 3.63) is 75.8 Å². The third kappa shape index (κ3) is 5.92. The highest BCUT2D eigenvalue weighted by Crippen LogP contribution is 2.14. The normalized spacial score (nSPS) is 15.4. The molecule has 1 heterocycles. The summed E-state index contributed by atoms with van der Waals surface area (Å²) in [5, 5.41) is 9.58. The standard InChI is InChI=1S/C23H25ClN2O3/c1-17(23(28)29)16-19-4-2-18(3-5-19)10-11-25-12-14-26(15-13-25)22(27)20-6-8-21(24)9-7-20/h2-9,16H,10-15H2,1H3,(H,28,29). The second-order valence-corrected chi connectivity index (χ2v) is 7.70. The Morgan fingerprint density at radius 2 is 1.62 bits per heavy atom. The summed E-state index contributed by atoms with van der Waals surface area (Å²) in [6.45, 7) is 5.69. The number of hydrogen-bond acceptors (Lipinski definition) is 3. The monoisotopic (exact) mass is 412 g/mol. The van der Waals surface area contributed by atoms with Gasteiger partial charge in [-0.15, -0.1) is 0 Å². The van der Waals surface area contributed by atoms with E-state index in [1.165, 1.54) is 5.56 Å². The van der Waals surface area contributed by atoms with Crippen molar-refractivity contribution in [2.45, 2.75) is 13.3 Å². The molecule has 0 aromatic heterocycles. The first-order valence-corrected chi connectivity index (χ1v) is 10.1. The van der Waals surface area contributed by atoms with E-state index in [0.29, 0.717) is 16.2 Å². The molecule has 1 saturated heterocycles. The van der Waals surface area contributed by atoms with Crippen LogP contribution in [-0.4, -0.2) is 59.5 Å². The van der Waals surface area contributed by atoms with E-state index in [1.807, 2.05) is 29.2 Å². The summed E-state index contributed by atoms with van der Waals surface area (Å²) in [5.74, 6) is -0.843. The van der Waals surface area contributed by atoms with E-state index in [9.17, 15) is 9.59 Å². The summed E-state index contributed by atoms with van der Waals surface area (Å²) in [6.07, 6.45) is 2.59. The number of carbonyl (C=O) groups is 2. The highest BCUT2D eigenvalue weighted by molar-refractivity contribution is 6.30. The van der Waals surface area contributed by atoms with Crippen LogP contribution in [0.4, 0.5) is 0 Å². The van der Waals surface area contributed by atoms with Crippen LogP contribution >= 0.6 is 11.6 Å². The molecule has 1 aliphatic rings. The van der Waals surface area contributed by atoms with Gasteiger partial charge in [0.25, 0.3) is 5.91 Å². The summed E-state index contributed by atoms with van der Waals surface area (Å²) < 4.78 is 0. The van der Waals surface area contributed by atoms with Gasteiger partial charge in [0.15, 0.2) is 0 Å². The van der Waals surface area contributed by atoms with Crippen LogP contribution < -0.4 is 0 Å². The van der Waals surface area contributed by atoms with Crippen molar-refractivity contribution >= 4 is 29.6 Å². The molecule has 0 atom stereocenters. The fourth-order valence-electron chi connectivity index (χ4n) is 3.33. The molecule has 2 aromatic carbocycles. The molecule has 0 aliphatic carbocycles. The van der Waals surface area contributed by atoms with Crippen LogP contribution in [0.5, 0.6) is 0 Å². The lowest BCUT2D eigenvalue weighted by atomic mass is 10.1. The van der Waals surface area contributed by atoms with E-state index >= 15 is 0 Å². The van der Waals surface area contributed by atoms with Gasteiger partial charge in [0, 0.05) is 48.9 Å². The number of carboxylic acid groups (broad SMARTS) is 1. The van der Waals surface area contributed by atoms with Gasteiger partial charge in [-0.25, -0.2) is 4.79 Å². The third-order valence-electron chi connectivity index (χ3n) is 5.17. The number of piperazine rings is 1. The summed E-state index contributed by atoms with van der Waals surface area (Å²) >= 11 is 5.89. The molecule has 152 valence electrons. The zero-order valence-electron chi connectivity index (χ0n) is 16.5. The quantitative estimate of drug-likeness (QED) is 0.732. The Hall–Kier alpha value is -2.63. The Morgan fingerprint density at radius 1 is 1.00 bits per heavy atom. The largest absolute Gasteiger partial charge is 0.478 e. The van der Waals surface area contributed by atoms with Crippen LogP contribution in [0.2, 0.25) is 5.02 Å². The molecule has 0 unspecified atom stereocenters. The molecule has 6 heteroatoms. The molecule has 29 heavy (non-hydrogen) atoms. The average Bonchev–Trinajstić information content (AvgIpc) is 2.73. The topological polar surface area (TPSA) is 60.9 Å². The van der Waals surface area contributed by atoms with Crippen molar-refractivity contribution < 1.29 is 14.7 Å². The molecule has 0 radical (unpaired) electrons. The Morgan fingerprint density at radius 3 is 2.21 bits per heavy atom. The number of aliphatic carboxylic acids is 1. The SMILES string of the molecule is CC(=Cc1ccc(CCN2CCN(C(=O)c3ccc(Cl)cc3)CC2)cc1)C(=O)O. The van der Waals surface area contributed by atoms with Gasteiger partial charge < -0.3 is 10.0 Å². The van der Waals surface area contributed by atoms with Crippen molar-refractivity contribution in [2.75, 3.05) is 32.7 Å². The van der Waals surface area contributed by atoms with Gasteiger partial charge >= 0.3 is 5.97 Å². The number of benzene rings is 2. The predicted octanol–water partition coefficient (Wildman–Crippen LogP) is 3.83. The maximum Gasteiger partial charge on any atom is 0.331 e. The smallest absolute Gasteiger partial charge is 0.331 e. The Labute approximate surface area is 176 Å². The van der Waals surface area contributed by atoms with E-state index in [1.54, 1.807) is 37.3 Å². The van der Waals surface area contributed by atoms with Crippen LogP contribution in [-0.2, 0) is 11.2 Å². The molecule has 0 saturated carbocycles. The van der Waals surface area contributed by atoms with E-state index in [-0.39, 0.29) is 5.91 Å². The van der Waals surface area contributed by atoms with E-state index in [2.05, 4.69) is 4.90 Å².